The molecule has 2 N–H and O–H groups in total. The molecule has 1 aliphatic rings. The highest BCUT2D eigenvalue weighted by Gasteiger charge is 2.20. The lowest BCUT2D eigenvalue weighted by Gasteiger charge is -2.25. The van der Waals surface area contributed by atoms with Crippen molar-refractivity contribution >= 4 is 0 Å². The number of aromatic nitrogens is 2. The quantitative estimate of drug-likeness (QED) is 0.872. The molecular weight excluding hydrogens is 210 g/mol. The summed E-state index contributed by atoms with van der Waals surface area (Å²) < 4.78 is 2.10. The van der Waals surface area contributed by atoms with Crippen molar-refractivity contribution in [2.75, 3.05) is 0 Å². The van der Waals surface area contributed by atoms with E-state index in [2.05, 4.69) is 35.9 Å². The molecule has 0 amide bonds. The molecule has 96 valence electrons. The Bertz CT molecular complexity index is 345. The van der Waals surface area contributed by atoms with Crippen molar-refractivity contribution in [1.29, 1.82) is 0 Å². The molecule has 1 aliphatic carbocycles. The molecule has 3 unspecified atom stereocenters. The van der Waals surface area contributed by atoms with Gasteiger partial charge in [-0.1, -0.05) is 13.3 Å². The summed E-state index contributed by atoms with van der Waals surface area (Å²) in [4.78, 5) is 0. The minimum atomic E-state index is 0.422. The normalized spacial score (nSPS) is 27.0. The molecular formula is C14H25N3. The molecule has 2 rings (SSSR count). The van der Waals surface area contributed by atoms with Crippen LogP contribution >= 0.6 is 0 Å². The van der Waals surface area contributed by atoms with Gasteiger partial charge in [-0.3, -0.25) is 4.68 Å². The molecule has 3 nitrogen and oxygen atoms in total. The molecule has 1 fully saturated rings. The van der Waals surface area contributed by atoms with E-state index in [9.17, 15) is 0 Å². The van der Waals surface area contributed by atoms with Gasteiger partial charge in [0.1, 0.15) is 0 Å². The van der Waals surface area contributed by atoms with Gasteiger partial charge in [-0.05, 0) is 51.0 Å². The summed E-state index contributed by atoms with van der Waals surface area (Å²) in [5.74, 6) is 0.749. The van der Waals surface area contributed by atoms with E-state index in [1.54, 1.807) is 0 Å². The molecule has 0 spiro atoms. The third-order valence-electron chi connectivity index (χ3n) is 4.03. The number of hydrogen-bond acceptors (Lipinski definition) is 2. The van der Waals surface area contributed by atoms with Gasteiger partial charge >= 0.3 is 0 Å². The van der Waals surface area contributed by atoms with E-state index in [-0.39, 0.29) is 0 Å². The minimum absolute atomic E-state index is 0.422. The van der Waals surface area contributed by atoms with Crippen LogP contribution in [-0.2, 0) is 6.42 Å². The number of nitrogens with two attached hydrogens (primary N) is 1. The lowest BCUT2D eigenvalue weighted by Crippen LogP contribution is -2.28. The van der Waals surface area contributed by atoms with Crippen molar-refractivity contribution < 1.29 is 0 Å². The summed E-state index contributed by atoms with van der Waals surface area (Å²) in [6, 6.07) is 3.11. The SMILES string of the molecule is CCC(C)n1ccc(CC2CCCC(N)C2)n1. The fourth-order valence-corrected chi connectivity index (χ4v) is 2.73. The lowest BCUT2D eigenvalue weighted by atomic mass is 9.83. The molecule has 3 atom stereocenters. The highest BCUT2D eigenvalue weighted by Crippen LogP contribution is 2.26. The summed E-state index contributed by atoms with van der Waals surface area (Å²) in [5.41, 5.74) is 7.27. The Labute approximate surface area is 104 Å². The van der Waals surface area contributed by atoms with E-state index in [0.29, 0.717) is 12.1 Å². The van der Waals surface area contributed by atoms with Crippen molar-refractivity contribution in [2.45, 2.75) is 64.5 Å². The van der Waals surface area contributed by atoms with E-state index in [4.69, 9.17) is 5.73 Å². The van der Waals surface area contributed by atoms with E-state index in [0.717, 1.165) is 18.8 Å². The Morgan fingerprint density at radius 1 is 1.53 bits per heavy atom. The number of nitrogens with zero attached hydrogens (tertiary/aromatic N) is 2. The Balaban J connectivity index is 1.92. The first-order valence-electron chi connectivity index (χ1n) is 6.98. The highest BCUT2D eigenvalue weighted by atomic mass is 15.3. The monoisotopic (exact) mass is 235 g/mol. The predicted molar refractivity (Wildman–Crippen MR) is 70.9 cm³/mol. The van der Waals surface area contributed by atoms with Crippen LogP contribution in [0.3, 0.4) is 0 Å². The van der Waals surface area contributed by atoms with Crippen LogP contribution in [0.2, 0.25) is 0 Å². The van der Waals surface area contributed by atoms with Gasteiger partial charge in [0.05, 0.1) is 5.69 Å². The van der Waals surface area contributed by atoms with Crippen LogP contribution in [0.15, 0.2) is 12.3 Å². The van der Waals surface area contributed by atoms with Crippen molar-refractivity contribution in [3.63, 3.8) is 0 Å². The molecule has 1 aromatic rings. The van der Waals surface area contributed by atoms with Crippen molar-refractivity contribution in [3.8, 4) is 0 Å². The minimum Gasteiger partial charge on any atom is -0.328 e. The third-order valence-corrected chi connectivity index (χ3v) is 4.03. The summed E-state index contributed by atoms with van der Waals surface area (Å²) in [6.45, 7) is 4.42. The maximum atomic E-state index is 6.03. The van der Waals surface area contributed by atoms with Crippen LogP contribution in [0.1, 0.15) is 57.7 Å². The van der Waals surface area contributed by atoms with Gasteiger partial charge in [0.15, 0.2) is 0 Å². The Kier molecular flexibility index (Phi) is 4.21. The summed E-state index contributed by atoms with van der Waals surface area (Å²) in [7, 11) is 0. The molecule has 0 aromatic carbocycles. The Morgan fingerprint density at radius 3 is 3.06 bits per heavy atom. The largest absolute Gasteiger partial charge is 0.328 e. The zero-order valence-electron chi connectivity index (χ0n) is 11.1. The van der Waals surface area contributed by atoms with Crippen LogP contribution in [0.5, 0.6) is 0 Å². The zero-order chi connectivity index (χ0) is 12.3. The molecule has 3 heteroatoms. The Hall–Kier alpha value is -0.830. The van der Waals surface area contributed by atoms with Crippen LogP contribution in [0.25, 0.3) is 0 Å². The molecule has 1 heterocycles. The fourth-order valence-electron chi connectivity index (χ4n) is 2.73. The first-order chi connectivity index (χ1) is 8.19. The van der Waals surface area contributed by atoms with E-state index in [1.807, 2.05) is 0 Å². The van der Waals surface area contributed by atoms with Gasteiger partial charge in [0.25, 0.3) is 0 Å². The smallest absolute Gasteiger partial charge is 0.0627 e. The van der Waals surface area contributed by atoms with Gasteiger partial charge in [0.2, 0.25) is 0 Å². The summed E-state index contributed by atoms with van der Waals surface area (Å²) in [5, 5.41) is 4.68. The lowest BCUT2D eigenvalue weighted by molar-refractivity contribution is 0.317. The van der Waals surface area contributed by atoms with Gasteiger partial charge < -0.3 is 5.73 Å². The number of rotatable bonds is 4. The summed E-state index contributed by atoms with van der Waals surface area (Å²) in [6.07, 6.45) is 9.36. The zero-order valence-corrected chi connectivity index (χ0v) is 11.1. The molecule has 0 saturated heterocycles. The predicted octanol–water partition coefficient (Wildman–Crippen LogP) is 2.91. The highest BCUT2D eigenvalue weighted by molar-refractivity contribution is 5.01. The topological polar surface area (TPSA) is 43.8 Å². The maximum Gasteiger partial charge on any atom is 0.0627 e. The van der Waals surface area contributed by atoms with Crippen LogP contribution < -0.4 is 5.73 Å². The van der Waals surface area contributed by atoms with Gasteiger partial charge in [-0.15, -0.1) is 0 Å². The molecule has 17 heavy (non-hydrogen) atoms. The standard InChI is InChI=1S/C14H25N3/c1-3-11(2)17-8-7-14(16-17)10-12-5-4-6-13(15)9-12/h7-8,11-13H,3-6,9-10,15H2,1-2H3. The fraction of sp³-hybridized carbons (Fsp3) is 0.786. The second-order valence-electron chi connectivity index (χ2n) is 5.54. The van der Waals surface area contributed by atoms with Crippen LogP contribution in [-0.4, -0.2) is 15.8 Å². The third kappa shape index (κ3) is 3.32. The van der Waals surface area contributed by atoms with E-state index >= 15 is 0 Å². The second kappa shape index (κ2) is 5.67. The number of hydrogen-bond donors (Lipinski definition) is 1. The van der Waals surface area contributed by atoms with Crippen LogP contribution in [0.4, 0.5) is 0 Å². The van der Waals surface area contributed by atoms with Gasteiger partial charge in [-0.25, -0.2) is 0 Å². The molecule has 1 saturated carbocycles. The molecule has 0 bridgehead atoms. The molecule has 0 aliphatic heterocycles. The van der Waals surface area contributed by atoms with E-state index in [1.165, 1.54) is 31.4 Å². The first-order valence-corrected chi connectivity index (χ1v) is 6.98. The van der Waals surface area contributed by atoms with Crippen molar-refractivity contribution in [2.24, 2.45) is 11.7 Å². The van der Waals surface area contributed by atoms with E-state index < -0.39 is 0 Å². The van der Waals surface area contributed by atoms with Crippen molar-refractivity contribution in [3.05, 3.63) is 18.0 Å². The average molecular weight is 235 g/mol. The Morgan fingerprint density at radius 2 is 2.35 bits per heavy atom. The first kappa shape index (κ1) is 12.6. The second-order valence-corrected chi connectivity index (χ2v) is 5.54. The average Bonchev–Trinajstić information content (AvgIpc) is 2.76. The van der Waals surface area contributed by atoms with Crippen LogP contribution in [0, 0.1) is 5.92 Å². The van der Waals surface area contributed by atoms with Gasteiger partial charge in [0, 0.05) is 18.3 Å². The van der Waals surface area contributed by atoms with Gasteiger partial charge in [-0.2, -0.15) is 5.10 Å². The van der Waals surface area contributed by atoms with Crippen molar-refractivity contribution in [1.82, 2.24) is 9.78 Å². The molecule has 1 aromatic heterocycles. The molecule has 0 radical (unpaired) electrons. The summed E-state index contributed by atoms with van der Waals surface area (Å²) >= 11 is 0. The maximum absolute atomic E-state index is 6.03.